The van der Waals surface area contributed by atoms with Crippen molar-refractivity contribution in [2.75, 3.05) is 35.0 Å². The van der Waals surface area contributed by atoms with Crippen molar-refractivity contribution in [2.24, 2.45) is 11.8 Å². The Morgan fingerprint density at radius 2 is 1.59 bits per heavy atom. The second-order valence-corrected chi connectivity index (χ2v) is 8.46. The molecule has 3 atom stereocenters. The van der Waals surface area contributed by atoms with Gasteiger partial charge < -0.3 is 28.8 Å². The van der Waals surface area contributed by atoms with E-state index in [9.17, 15) is 9.90 Å². The molecule has 1 fully saturated rings. The number of rotatable bonds is 11. The maximum absolute atomic E-state index is 11.2. The molecule has 3 rings (SSSR count). The van der Waals surface area contributed by atoms with Crippen molar-refractivity contribution in [3.05, 3.63) is 59.2 Å². The third kappa shape index (κ3) is 5.83. The molecule has 34 heavy (non-hydrogen) atoms. The fourth-order valence-corrected chi connectivity index (χ4v) is 4.58. The molecule has 1 saturated heterocycles. The molecule has 0 amide bonds. The number of methoxy groups -OCH3 is 4. The second kappa shape index (κ2) is 11.8. The summed E-state index contributed by atoms with van der Waals surface area (Å²) in [5.74, 6) is 2.30. The number of allylic oxidation sites excluding steroid dienone is 1. The van der Waals surface area contributed by atoms with E-state index in [1.54, 1.807) is 41.4 Å². The summed E-state index contributed by atoms with van der Waals surface area (Å²) in [4.78, 5) is 11.2. The SMILES string of the molecule is COc1ccc(C[C@H]2CO[C@H](c3ccc(OC)c(OC)c3)[C@@H]2CC/C=C(/C)C(=O)O)cc1OC. The Balaban J connectivity index is 1.86. The molecular formula is C27H34O7. The standard InChI is InChI=1S/C27H34O7/c1-17(27(28)29)7-6-8-21-20(13-18-9-11-22(30-2)24(14-18)32-4)16-34-26(21)19-10-12-23(31-3)25(15-19)33-5/h7,9-12,14-15,20-21,26H,6,8,13,16H2,1-5H3,(H,28,29)/b17-7-/t20-,21+,26+/m0/s1. The van der Waals surface area contributed by atoms with E-state index in [0.29, 0.717) is 41.6 Å². The lowest BCUT2D eigenvalue weighted by molar-refractivity contribution is -0.132. The van der Waals surface area contributed by atoms with Crippen LogP contribution in [0.3, 0.4) is 0 Å². The number of hydrogen-bond donors (Lipinski definition) is 1. The summed E-state index contributed by atoms with van der Waals surface area (Å²) in [6.07, 6.45) is 3.96. The van der Waals surface area contributed by atoms with Gasteiger partial charge in [0.1, 0.15) is 0 Å². The van der Waals surface area contributed by atoms with Gasteiger partial charge in [-0.3, -0.25) is 0 Å². The number of benzene rings is 2. The smallest absolute Gasteiger partial charge is 0.330 e. The van der Waals surface area contributed by atoms with E-state index < -0.39 is 5.97 Å². The van der Waals surface area contributed by atoms with Crippen LogP contribution in [0, 0.1) is 11.8 Å². The molecule has 2 aromatic carbocycles. The zero-order chi connectivity index (χ0) is 24.7. The van der Waals surface area contributed by atoms with Gasteiger partial charge in [-0.05, 0) is 73.4 Å². The Morgan fingerprint density at radius 3 is 2.21 bits per heavy atom. The zero-order valence-electron chi connectivity index (χ0n) is 20.5. The van der Waals surface area contributed by atoms with Gasteiger partial charge in [-0.1, -0.05) is 18.2 Å². The first kappa shape index (κ1) is 25.4. The van der Waals surface area contributed by atoms with Crippen LogP contribution in [0.5, 0.6) is 23.0 Å². The fourth-order valence-electron chi connectivity index (χ4n) is 4.58. The van der Waals surface area contributed by atoms with Crippen molar-refractivity contribution >= 4 is 5.97 Å². The largest absolute Gasteiger partial charge is 0.493 e. The van der Waals surface area contributed by atoms with Crippen molar-refractivity contribution in [1.29, 1.82) is 0 Å². The van der Waals surface area contributed by atoms with Gasteiger partial charge in [0.25, 0.3) is 0 Å². The summed E-state index contributed by atoms with van der Waals surface area (Å²) in [5, 5.41) is 9.21. The molecule has 1 heterocycles. The first-order chi connectivity index (χ1) is 16.4. The topological polar surface area (TPSA) is 83.5 Å². The van der Waals surface area contributed by atoms with Crippen LogP contribution < -0.4 is 18.9 Å². The molecule has 1 N–H and O–H groups in total. The number of aliphatic carboxylic acids is 1. The first-order valence-electron chi connectivity index (χ1n) is 11.4. The first-order valence-corrected chi connectivity index (χ1v) is 11.4. The highest BCUT2D eigenvalue weighted by molar-refractivity contribution is 5.85. The summed E-state index contributed by atoms with van der Waals surface area (Å²) in [6.45, 7) is 2.24. The Morgan fingerprint density at radius 1 is 0.971 bits per heavy atom. The normalized spacial score (nSPS) is 20.1. The molecule has 0 aromatic heterocycles. The summed E-state index contributed by atoms with van der Waals surface area (Å²) in [6, 6.07) is 11.9. The Hall–Kier alpha value is -3.19. The zero-order valence-corrected chi connectivity index (χ0v) is 20.5. The number of carboxylic acids is 1. The number of carboxylic acid groups (broad SMARTS) is 1. The Kier molecular flexibility index (Phi) is 8.82. The van der Waals surface area contributed by atoms with Gasteiger partial charge in [-0.2, -0.15) is 0 Å². The quantitative estimate of drug-likeness (QED) is 0.459. The predicted octanol–water partition coefficient (Wildman–Crippen LogP) is 5.08. The summed E-state index contributed by atoms with van der Waals surface area (Å²) < 4.78 is 28.1. The van der Waals surface area contributed by atoms with E-state index in [2.05, 4.69) is 6.07 Å². The molecule has 7 nitrogen and oxygen atoms in total. The van der Waals surface area contributed by atoms with Gasteiger partial charge in [-0.15, -0.1) is 0 Å². The number of carbonyl (C=O) groups is 1. The lowest BCUT2D eigenvalue weighted by Gasteiger charge is -2.24. The molecule has 2 aromatic rings. The van der Waals surface area contributed by atoms with E-state index in [0.717, 1.165) is 24.0 Å². The summed E-state index contributed by atoms with van der Waals surface area (Å²) in [5.41, 5.74) is 2.52. The number of ether oxygens (including phenoxy) is 5. The Labute approximate surface area is 201 Å². The highest BCUT2D eigenvalue weighted by atomic mass is 16.5. The van der Waals surface area contributed by atoms with E-state index >= 15 is 0 Å². The molecule has 1 aliphatic heterocycles. The molecule has 0 unspecified atom stereocenters. The van der Waals surface area contributed by atoms with Crippen molar-refractivity contribution in [3.8, 4) is 23.0 Å². The maximum Gasteiger partial charge on any atom is 0.330 e. The minimum atomic E-state index is -0.888. The fraction of sp³-hybridized carbons (Fsp3) is 0.444. The van der Waals surface area contributed by atoms with Crippen LogP contribution in [0.2, 0.25) is 0 Å². The lowest BCUT2D eigenvalue weighted by Crippen LogP contribution is -2.18. The van der Waals surface area contributed by atoms with Crippen LogP contribution >= 0.6 is 0 Å². The van der Waals surface area contributed by atoms with Gasteiger partial charge in [0.2, 0.25) is 0 Å². The minimum Gasteiger partial charge on any atom is -0.493 e. The van der Waals surface area contributed by atoms with Gasteiger partial charge >= 0.3 is 5.97 Å². The highest BCUT2D eigenvalue weighted by Crippen LogP contribution is 2.45. The van der Waals surface area contributed by atoms with Crippen LogP contribution in [0.25, 0.3) is 0 Å². The van der Waals surface area contributed by atoms with Gasteiger partial charge in [-0.25, -0.2) is 4.79 Å². The summed E-state index contributed by atoms with van der Waals surface area (Å²) >= 11 is 0. The molecule has 0 radical (unpaired) electrons. The molecule has 0 spiro atoms. The molecule has 1 aliphatic rings. The summed E-state index contributed by atoms with van der Waals surface area (Å²) in [7, 11) is 6.49. The van der Waals surface area contributed by atoms with Crippen molar-refractivity contribution < 1.29 is 33.6 Å². The van der Waals surface area contributed by atoms with Crippen LogP contribution in [-0.2, 0) is 16.0 Å². The van der Waals surface area contributed by atoms with Crippen molar-refractivity contribution in [3.63, 3.8) is 0 Å². The third-order valence-corrected chi connectivity index (χ3v) is 6.45. The monoisotopic (exact) mass is 470 g/mol. The molecule has 184 valence electrons. The van der Waals surface area contributed by atoms with Crippen LogP contribution in [0.4, 0.5) is 0 Å². The van der Waals surface area contributed by atoms with Gasteiger partial charge in [0.15, 0.2) is 23.0 Å². The van der Waals surface area contributed by atoms with Gasteiger partial charge in [0.05, 0.1) is 41.2 Å². The highest BCUT2D eigenvalue weighted by Gasteiger charge is 2.38. The average Bonchev–Trinajstić information content (AvgIpc) is 3.25. The van der Waals surface area contributed by atoms with E-state index in [-0.39, 0.29) is 17.9 Å². The minimum absolute atomic E-state index is 0.122. The third-order valence-electron chi connectivity index (χ3n) is 6.45. The van der Waals surface area contributed by atoms with Gasteiger partial charge in [0, 0.05) is 5.57 Å². The van der Waals surface area contributed by atoms with Crippen LogP contribution in [0.1, 0.15) is 37.0 Å². The number of hydrogen-bond acceptors (Lipinski definition) is 6. The lowest BCUT2D eigenvalue weighted by atomic mass is 9.80. The second-order valence-electron chi connectivity index (χ2n) is 8.46. The molecule has 7 heteroatoms. The molecule has 0 aliphatic carbocycles. The van der Waals surface area contributed by atoms with E-state index in [1.807, 2.05) is 30.3 Å². The van der Waals surface area contributed by atoms with Crippen LogP contribution in [-0.4, -0.2) is 46.1 Å². The van der Waals surface area contributed by atoms with Crippen molar-refractivity contribution in [1.82, 2.24) is 0 Å². The van der Waals surface area contributed by atoms with Crippen LogP contribution in [0.15, 0.2) is 48.0 Å². The van der Waals surface area contributed by atoms with Crippen molar-refractivity contribution in [2.45, 2.75) is 32.3 Å². The van der Waals surface area contributed by atoms with E-state index in [1.165, 1.54) is 0 Å². The predicted molar refractivity (Wildman–Crippen MR) is 129 cm³/mol. The molecule has 0 bridgehead atoms. The Bertz CT molecular complexity index is 1010. The molecular weight excluding hydrogens is 436 g/mol. The van der Waals surface area contributed by atoms with E-state index in [4.69, 9.17) is 23.7 Å². The molecule has 0 saturated carbocycles. The maximum atomic E-state index is 11.2. The average molecular weight is 471 g/mol.